The standard InChI is InChI=1S/C11H24N2O2/c1-4-12-8-7-11(14)13(5-2)9-10-15-6-3/h12H,4-10H2,1-3H3. The lowest BCUT2D eigenvalue weighted by molar-refractivity contribution is -0.131. The number of hydrogen-bond donors (Lipinski definition) is 1. The molecular formula is C11H24N2O2. The molecule has 0 spiro atoms. The average Bonchev–Trinajstić information content (AvgIpc) is 2.24. The maximum Gasteiger partial charge on any atom is 0.223 e. The molecule has 0 atom stereocenters. The van der Waals surface area contributed by atoms with Gasteiger partial charge in [0, 0.05) is 32.7 Å². The van der Waals surface area contributed by atoms with Crippen molar-refractivity contribution in [2.75, 3.05) is 39.4 Å². The van der Waals surface area contributed by atoms with E-state index < -0.39 is 0 Å². The Kier molecular flexibility index (Phi) is 9.52. The fourth-order valence-electron chi connectivity index (χ4n) is 1.31. The zero-order valence-electron chi connectivity index (χ0n) is 10.2. The highest BCUT2D eigenvalue weighted by Crippen LogP contribution is 1.93. The third-order valence-corrected chi connectivity index (χ3v) is 2.21. The summed E-state index contributed by atoms with van der Waals surface area (Å²) in [6.07, 6.45) is 0.577. The van der Waals surface area contributed by atoms with Crippen molar-refractivity contribution < 1.29 is 9.53 Å². The Morgan fingerprint density at radius 1 is 1.33 bits per heavy atom. The number of nitrogens with zero attached hydrogens (tertiary/aromatic N) is 1. The SMILES string of the molecule is CCNCCC(=O)N(CC)CCOCC. The minimum atomic E-state index is 0.207. The first kappa shape index (κ1) is 14.4. The largest absolute Gasteiger partial charge is 0.380 e. The molecule has 0 aromatic rings. The first-order chi connectivity index (χ1) is 7.26. The molecule has 15 heavy (non-hydrogen) atoms. The molecule has 0 aliphatic heterocycles. The lowest BCUT2D eigenvalue weighted by Gasteiger charge is -2.20. The highest BCUT2D eigenvalue weighted by atomic mass is 16.5. The van der Waals surface area contributed by atoms with Crippen LogP contribution in [0.5, 0.6) is 0 Å². The van der Waals surface area contributed by atoms with Gasteiger partial charge in [0.05, 0.1) is 6.61 Å². The Bertz CT molecular complexity index is 163. The molecule has 90 valence electrons. The van der Waals surface area contributed by atoms with Crippen LogP contribution in [0.4, 0.5) is 0 Å². The minimum Gasteiger partial charge on any atom is -0.380 e. The number of carbonyl (C=O) groups excluding carboxylic acids is 1. The Labute approximate surface area is 93.0 Å². The molecule has 4 nitrogen and oxygen atoms in total. The van der Waals surface area contributed by atoms with Gasteiger partial charge in [0.25, 0.3) is 0 Å². The first-order valence-electron chi connectivity index (χ1n) is 5.82. The number of likely N-dealkylation sites (N-methyl/N-ethyl adjacent to an activating group) is 1. The average molecular weight is 216 g/mol. The summed E-state index contributed by atoms with van der Waals surface area (Å²) in [6.45, 7) is 10.5. The maximum absolute atomic E-state index is 11.7. The predicted octanol–water partition coefficient (Wildman–Crippen LogP) is 0.871. The minimum absolute atomic E-state index is 0.207. The van der Waals surface area contributed by atoms with Crippen molar-refractivity contribution in [3.05, 3.63) is 0 Å². The van der Waals surface area contributed by atoms with E-state index in [-0.39, 0.29) is 5.91 Å². The van der Waals surface area contributed by atoms with Gasteiger partial charge in [-0.1, -0.05) is 6.92 Å². The molecule has 0 aliphatic rings. The van der Waals surface area contributed by atoms with Gasteiger partial charge in [-0.25, -0.2) is 0 Å². The molecule has 0 saturated heterocycles. The van der Waals surface area contributed by atoms with Gasteiger partial charge in [0.1, 0.15) is 0 Å². The van der Waals surface area contributed by atoms with E-state index in [1.807, 2.05) is 25.7 Å². The van der Waals surface area contributed by atoms with Crippen LogP contribution in [0.25, 0.3) is 0 Å². The van der Waals surface area contributed by atoms with Crippen LogP contribution in [0.1, 0.15) is 27.2 Å². The fourth-order valence-corrected chi connectivity index (χ4v) is 1.31. The third-order valence-electron chi connectivity index (χ3n) is 2.21. The number of carbonyl (C=O) groups is 1. The Morgan fingerprint density at radius 3 is 2.60 bits per heavy atom. The number of hydrogen-bond acceptors (Lipinski definition) is 3. The van der Waals surface area contributed by atoms with Gasteiger partial charge in [-0.15, -0.1) is 0 Å². The van der Waals surface area contributed by atoms with Gasteiger partial charge in [0.15, 0.2) is 0 Å². The van der Waals surface area contributed by atoms with E-state index in [1.165, 1.54) is 0 Å². The Hall–Kier alpha value is -0.610. The van der Waals surface area contributed by atoms with E-state index in [0.29, 0.717) is 26.2 Å². The van der Waals surface area contributed by atoms with Crippen LogP contribution in [-0.4, -0.2) is 50.2 Å². The lowest BCUT2D eigenvalue weighted by Crippen LogP contribution is -2.35. The second-order valence-corrected chi connectivity index (χ2v) is 3.27. The van der Waals surface area contributed by atoms with Crippen LogP contribution >= 0.6 is 0 Å². The van der Waals surface area contributed by atoms with E-state index in [9.17, 15) is 4.79 Å². The topological polar surface area (TPSA) is 41.6 Å². The van der Waals surface area contributed by atoms with E-state index in [4.69, 9.17) is 4.74 Å². The molecule has 0 bridgehead atoms. The molecule has 0 fully saturated rings. The highest BCUT2D eigenvalue weighted by molar-refractivity contribution is 5.76. The monoisotopic (exact) mass is 216 g/mol. The molecule has 0 rings (SSSR count). The summed E-state index contributed by atoms with van der Waals surface area (Å²) in [4.78, 5) is 13.5. The van der Waals surface area contributed by atoms with E-state index in [2.05, 4.69) is 5.32 Å². The van der Waals surface area contributed by atoms with Crippen LogP contribution in [0, 0.1) is 0 Å². The highest BCUT2D eigenvalue weighted by Gasteiger charge is 2.09. The maximum atomic E-state index is 11.7. The molecule has 0 aromatic heterocycles. The van der Waals surface area contributed by atoms with Crippen molar-refractivity contribution in [1.29, 1.82) is 0 Å². The second kappa shape index (κ2) is 9.93. The van der Waals surface area contributed by atoms with Crippen LogP contribution in [0.15, 0.2) is 0 Å². The van der Waals surface area contributed by atoms with E-state index >= 15 is 0 Å². The summed E-state index contributed by atoms with van der Waals surface area (Å²) in [6, 6.07) is 0. The molecule has 1 amide bonds. The van der Waals surface area contributed by atoms with Gasteiger partial charge in [-0.2, -0.15) is 0 Å². The first-order valence-corrected chi connectivity index (χ1v) is 5.82. The molecule has 0 heterocycles. The van der Waals surface area contributed by atoms with Gasteiger partial charge >= 0.3 is 0 Å². The summed E-state index contributed by atoms with van der Waals surface area (Å²) in [5.41, 5.74) is 0. The van der Waals surface area contributed by atoms with Crippen LogP contribution in [0.3, 0.4) is 0 Å². The number of nitrogens with one attached hydrogen (secondary N) is 1. The summed E-state index contributed by atoms with van der Waals surface area (Å²) in [5.74, 6) is 0.207. The summed E-state index contributed by atoms with van der Waals surface area (Å²) in [7, 11) is 0. The lowest BCUT2D eigenvalue weighted by atomic mass is 10.3. The van der Waals surface area contributed by atoms with E-state index in [0.717, 1.165) is 19.6 Å². The van der Waals surface area contributed by atoms with Crippen LogP contribution in [0.2, 0.25) is 0 Å². The smallest absolute Gasteiger partial charge is 0.223 e. The summed E-state index contributed by atoms with van der Waals surface area (Å²) < 4.78 is 5.23. The van der Waals surface area contributed by atoms with Crippen molar-refractivity contribution in [3.63, 3.8) is 0 Å². The zero-order chi connectivity index (χ0) is 11.5. The number of ether oxygens (including phenoxy) is 1. The van der Waals surface area contributed by atoms with Crippen molar-refractivity contribution in [2.24, 2.45) is 0 Å². The molecule has 0 unspecified atom stereocenters. The number of rotatable bonds is 9. The normalized spacial score (nSPS) is 10.3. The van der Waals surface area contributed by atoms with Crippen LogP contribution < -0.4 is 5.32 Å². The fraction of sp³-hybridized carbons (Fsp3) is 0.909. The summed E-state index contributed by atoms with van der Waals surface area (Å²) in [5, 5.41) is 3.15. The molecule has 0 radical (unpaired) electrons. The Balaban J connectivity index is 3.67. The summed E-state index contributed by atoms with van der Waals surface area (Å²) >= 11 is 0. The molecule has 4 heteroatoms. The molecule has 0 saturated carbocycles. The number of amides is 1. The van der Waals surface area contributed by atoms with Crippen molar-refractivity contribution >= 4 is 5.91 Å². The van der Waals surface area contributed by atoms with E-state index in [1.54, 1.807) is 0 Å². The predicted molar refractivity (Wildman–Crippen MR) is 61.9 cm³/mol. The van der Waals surface area contributed by atoms with Gasteiger partial charge in [-0.3, -0.25) is 4.79 Å². The zero-order valence-corrected chi connectivity index (χ0v) is 10.2. The van der Waals surface area contributed by atoms with Crippen molar-refractivity contribution in [1.82, 2.24) is 10.2 Å². The van der Waals surface area contributed by atoms with Crippen molar-refractivity contribution in [2.45, 2.75) is 27.2 Å². The second-order valence-electron chi connectivity index (χ2n) is 3.27. The van der Waals surface area contributed by atoms with Crippen LogP contribution in [-0.2, 0) is 9.53 Å². The van der Waals surface area contributed by atoms with Crippen molar-refractivity contribution in [3.8, 4) is 0 Å². The molecular weight excluding hydrogens is 192 g/mol. The van der Waals surface area contributed by atoms with Gasteiger partial charge < -0.3 is 15.0 Å². The molecule has 0 aliphatic carbocycles. The molecule has 1 N–H and O–H groups in total. The van der Waals surface area contributed by atoms with Gasteiger partial charge in [0.2, 0.25) is 5.91 Å². The van der Waals surface area contributed by atoms with Gasteiger partial charge in [-0.05, 0) is 20.4 Å². The Morgan fingerprint density at radius 2 is 2.07 bits per heavy atom. The molecule has 0 aromatic carbocycles. The third kappa shape index (κ3) is 7.33. The quantitative estimate of drug-likeness (QED) is 0.582.